The van der Waals surface area contributed by atoms with E-state index in [9.17, 15) is 9.59 Å². The molecule has 4 unspecified atom stereocenters. The molecule has 3 aliphatic rings. The molecule has 0 N–H and O–H groups in total. The van der Waals surface area contributed by atoms with Crippen LogP contribution in [0.5, 0.6) is 0 Å². The number of nitrogens with zero attached hydrogens (tertiary/aromatic N) is 2. The minimum atomic E-state index is -0.157. The number of hydrogen-bond acceptors (Lipinski definition) is 4. The van der Waals surface area contributed by atoms with Gasteiger partial charge in [0.05, 0.1) is 5.92 Å². The van der Waals surface area contributed by atoms with E-state index in [1.54, 1.807) is 7.11 Å². The minimum Gasteiger partial charge on any atom is -0.385 e. The predicted molar refractivity (Wildman–Crippen MR) is 136 cm³/mol. The van der Waals surface area contributed by atoms with Gasteiger partial charge in [0.1, 0.15) is 5.78 Å². The van der Waals surface area contributed by atoms with Gasteiger partial charge in [-0.3, -0.25) is 9.59 Å². The number of benzene rings is 1. The average molecular weight is 469 g/mol. The highest BCUT2D eigenvalue weighted by atomic mass is 16.5. The van der Waals surface area contributed by atoms with Crippen LogP contribution in [0.15, 0.2) is 24.3 Å². The molecular weight excluding hydrogens is 424 g/mol. The van der Waals surface area contributed by atoms with Crippen LogP contribution < -0.4 is 0 Å². The lowest BCUT2D eigenvalue weighted by atomic mass is 9.83. The van der Waals surface area contributed by atoms with Crippen molar-refractivity contribution in [2.75, 3.05) is 39.9 Å². The van der Waals surface area contributed by atoms with Crippen molar-refractivity contribution < 1.29 is 14.3 Å². The first-order valence-corrected chi connectivity index (χ1v) is 13.7. The highest BCUT2D eigenvalue weighted by Gasteiger charge is 2.35. The first-order chi connectivity index (χ1) is 16.6. The standard InChI is InChI=1S/C29H44N2O3/c1-22(24-14-12-23(13-15-24)20-25-8-5-11-28(25)32)29(33)31(18-7-19-34-2)21-26-9-6-17-30-16-4-3-10-27(26)30/h12-15,22,25-27H,3-11,16-21H2,1-2H3. The maximum Gasteiger partial charge on any atom is 0.229 e. The molecule has 3 fully saturated rings. The summed E-state index contributed by atoms with van der Waals surface area (Å²) < 4.78 is 5.30. The first kappa shape index (κ1) is 25.4. The van der Waals surface area contributed by atoms with Gasteiger partial charge in [0.25, 0.3) is 0 Å². The molecular formula is C29H44N2O3. The lowest BCUT2D eigenvalue weighted by Gasteiger charge is -2.46. The molecule has 1 aromatic rings. The van der Waals surface area contributed by atoms with Gasteiger partial charge in [0, 0.05) is 45.2 Å². The van der Waals surface area contributed by atoms with Crippen LogP contribution in [0.4, 0.5) is 0 Å². The molecule has 1 aromatic carbocycles. The Labute approximate surface area is 206 Å². The van der Waals surface area contributed by atoms with Gasteiger partial charge in [-0.1, -0.05) is 30.7 Å². The normalized spacial score (nSPS) is 26.3. The van der Waals surface area contributed by atoms with Crippen molar-refractivity contribution in [3.05, 3.63) is 35.4 Å². The zero-order valence-corrected chi connectivity index (χ0v) is 21.3. The van der Waals surface area contributed by atoms with Gasteiger partial charge in [0.15, 0.2) is 0 Å². The third-order valence-corrected chi connectivity index (χ3v) is 8.54. The SMILES string of the molecule is COCCCN(CC1CCCN2CCCCC12)C(=O)C(C)c1ccc(CC2CCCC2=O)cc1. The summed E-state index contributed by atoms with van der Waals surface area (Å²) in [7, 11) is 1.73. The fourth-order valence-electron chi connectivity index (χ4n) is 6.51. The Bertz CT molecular complexity index is 806. The van der Waals surface area contributed by atoms with E-state index in [-0.39, 0.29) is 17.7 Å². The second kappa shape index (κ2) is 12.3. The van der Waals surface area contributed by atoms with Gasteiger partial charge in [-0.25, -0.2) is 0 Å². The van der Waals surface area contributed by atoms with Crippen molar-refractivity contribution >= 4 is 11.7 Å². The van der Waals surface area contributed by atoms with E-state index in [1.165, 1.54) is 50.8 Å². The van der Waals surface area contributed by atoms with Gasteiger partial charge in [-0.15, -0.1) is 0 Å². The molecule has 2 heterocycles. The van der Waals surface area contributed by atoms with Crippen LogP contribution in [0.1, 0.15) is 81.8 Å². The van der Waals surface area contributed by atoms with Crippen molar-refractivity contribution in [3.8, 4) is 0 Å². The summed E-state index contributed by atoms with van der Waals surface area (Å²) in [6.45, 7) is 6.84. The summed E-state index contributed by atoms with van der Waals surface area (Å²) in [4.78, 5) is 30.5. The number of piperidine rings is 2. The summed E-state index contributed by atoms with van der Waals surface area (Å²) in [6, 6.07) is 9.11. The summed E-state index contributed by atoms with van der Waals surface area (Å²) in [6.07, 6.45) is 10.9. The fourth-order valence-corrected chi connectivity index (χ4v) is 6.51. The van der Waals surface area contributed by atoms with Gasteiger partial charge in [-0.2, -0.15) is 0 Å². The molecule has 1 amide bonds. The number of carbonyl (C=O) groups is 2. The maximum absolute atomic E-state index is 13.7. The number of hydrogen-bond donors (Lipinski definition) is 0. The quantitative estimate of drug-likeness (QED) is 0.462. The molecule has 1 saturated carbocycles. The Balaban J connectivity index is 1.41. The van der Waals surface area contributed by atoms with E-state index in [1.807, 2.05) is 0 Å². The molecule has 0 radical (unpaired) electrons. The number of Topliss-reactive ketones (excluding diaryl/α,β-unsaturated/α-hetero) is 1. The number of ketones is 1. The molecule has 5 heteroatoms. The topological polar surface area (TPSA) is 49.9 Å². The molecule has 4 rings (SSSR count). The molecule has 34 heavy (non-hydrogen) atoms. The lowest BCUT2D eigenvalue weighted by Crippen LogP contribution is -2.52. The second-order valence-corrected chi connectivity index (χ2v) is 10.9. The highest BCUT2D eigenvalue weighted by molar-refractivity contribution is 5.84. The van der Waals surface area contributed by atoms with Gasteiger partial charge < -0.3 is 14.5 Å². The van der Waals surface area contributed by atoms with Crippen molar-refractivity contribution in [2.24, 2.45) is 11.8 Å². The summed E-state index contributed by atoms with van der Waals surface area (Å²) in [5, 5.41) is 0. The Morgan fingerprint density at radius 1 is 1.09 bits per heavy atom. The van der Waals surface area contributed by atoms with Crippen LogP contribution in [-0.2, 0) is 20.7 Å². The van der Waals surface area contributed by atoms with E-state index < -0.39 is 0 Å². The molecule has 0 bridgehead atoms. The Kier molecular flexibility index (Phi) is 9.18. The third-order valence-electron chi connectivity index (χ3n) is 8.54. The van der Waals surface area contributed by atoms with Gasteiger partial charge in [0.2, 0.25) is 5.91 Å². The average Bonchev–Trinajstić information content (AvgIpc) is 3.27. The van der Waals surface area contributed by atoms with Crippen molar-refractivity contribution in [1.82, 2.24) is 9.80 Å². The summed E-state index contributed by atoms with van der Waals surface area (Å²) >= 11 is 0. The molecule has 0 aromatic heterocycles. The van der Waals surface area contributed by atoms with Crippen molar-refractivity contribution in [1.29, 1.82) is 0 Å². The van der Waals surface area contributed by atoms with E-state index in [4.69, 9.17) is 4.74 Å². The largest absolute Gasteiger partial charge is 0.385 e. The fraction of sp³-hybridized carbons (Fsp3) is 0.724. The van der Waals surface area contributed by atoms with Crippen LogP contribution >= 0.6 is 0 Å². The maximum atomic E-state index is 13.7. The van der Waals surface area contributed by atoms with Crippen molar-refractivity contribution in [3.63, 3.8) is 0 Å². The van der Waals surface area contributed by atoms with Gasteiger partial charge >= 0.3 is 0 Å². The molecule has 2 aliphatic heterocycles. The number of fused-ring (bicyclic) bond motifs is 1. The molecule has 5 nitrogen and oxygen atoms in total. The lowest BCUT2D eigenvalue weighted by molar-refractivity contribution is -0.134. The monoisotopic (exact) mass is 468 g/mol. The number of carbonyl (C=O) groups excluding carboxylic acids is 2. The second-order valence-electron chi connectivity index (χ2n) is 10.9. The van der Waals surface area contributed by atoms with Gasteiger partial charge in [-0.05, 0) is 88.4 Å². The molecule has 188 valence electrons. The number of rotatable bonds is 10. The predicted octanol–water partition coefficient (Wildman–Crippen LogP) is 4.83. The zero-order valence-electron chi connectivity index (χ0n) is 21.3. The molecule has 1 aliphatic carbocycles. The Hall–Kier alpha value is -1.72. The molecule has 2 saturated heterocycles. The Morgan fingerprint density at radius 3 is 2.62 bits per heavy atom. The van der Waals surface area contributed by atoms with Crippen LogP contribution in [-0.4, -0.2) is 67.4 Å². The van der Waals surface area contributed by atoms with E-state index >= 15 is 0 Å². The van der Waals surface area contributed by atoms with E-state index in [0.29, 0.717) is 24.3 Å². The number of ether oxygens (including phenoxy) is 1. The molecule has 4 atom stereocenters. The van der Waals surface area contributed by atoms with E-state index in [2.05, 4.69) is 41.0 Å². The summed E-state index contributed by atoms with van der Waals surface area (Å²) in [5.74, 6) is 1.27. The van der Waals surface area contributed by atoms with Crippen LogP contribution in [0, 0.1) is 11.8 Å². The summed E-state index contributed by atoms with van der Waals surface area (Å²) in [5.41, 5.74) is 2.28. The van der Waals surface area contributed by atoms with Crippen molar-refractivity contribution in [2.45, 2.75) is 83.1 Å². The smallest absolute Gasteiger partial charge is 0.229 e. The number of amides is 1. The van der Waals surface area contributed by atoms with E-state index in [0.717, 1.165) is 50.8 Å². The van der Waals surface area contributed by atoms with Crippen LogP contribution in [0.2, 0.25) is 0 Å². The van der Waals surface area contributed by atoms with Crippen LogP contribution in [0.3, 0.4) is 0 Å². The van der Waals surface area contributed by atoms with Crippen LogP contribution in [0.25, 0.3) is 0 Å². The minimum absolute atomic E-state index is 0.157. The Morgan fingerprint density at radius 2 is 1.88 bits per heavy atom. The third kappa shape index (κ3) is 6.28. The first-order valence-electron chi connectivity index (χ1n) is 13.7. The zero-order chi connectivity index (χ0) is 23.9. The highest BCUT2D eigenvalue weighted by Crippen LogP contribution is 2.32. The number of methoxy groups -OCH3 is 1. The molecule has 0 spiro atoms.